The van der Waals surface area contributed by atoms with E-state index in [9.17, 15) is 31.9 Å². The molecule has 0 unspecified atom stereocenters. The monoisotopic (exact) mass is 639 g/mol. The second-order valence-corrected chi connectivity index (χ2v) is 10.2. The number of halogens is 4. The molecule has 0 bridgehead atoms. The van der Waals surface area contributed by atoms with Crippen LogP contribution in [0.1, 0.15) is 15.9 Å². The highest BCUT2D eigenvalue weighted by Crippen LogP contribution is 2.32. The molecule has 3 N–H and O–H groups in total. The van der Waals surface area contributed by atoms with E-state index in [1.165, 1.54) is 32.4 Å². The van der Waals surface area contributed by atoms with Crippen molar-refractivity contribution in [2.24, 2.45) is 0 Å². The summed E-state index contributed by atoms with van der Waals surface area (Å²) in [4.78, 5) is 39.0. The van der Waals surface area contributed by atoms with Crippen LogP contribution in [0.25, 0.3) is 6.08 Å². The molecule has 0 aliphatic carbocycles. The molecular weight excluding hydrogens is 614 g/mol. The fourth-order valence-corrected chi connectivity index (χ4v) is 4.66. The number of hydrogen-bond donors (Lipinski definition) is 3. The van der Waals surface area contributed by atoms with Gasteiger partial charge in [-0.15, -0.1) is 11.8 Å². The first-order valence-electron chi connectivity index (χ1n) is 13.1. The molecule has 0 aromatic heterocycles. The lowest BCUT2D eigenvalue weighted by Crippen LogP contribution is -2.30. The van der Waals surface area contributed by atoms with E-state index in [0.29, 0.717) is 33.2 Å². The van der Waals surface area contributed by atoms with Crippen molar-refractivity contribution in [3.8, 4) is 11.5 Å². The van der Waals surface area contributed by atoms with Crippen molar-refractivity contribution in [2.45, 2.75) is 4.90 Å². The fourth-order valence-electron chi connectivity index (χ4n) is 3.96. The smallest absolute Gasteiger partial charge is 0.272 e. The van der Waals surface area contributed by atoms with E-state index in [-0.39, 0.29) is 17.5 Å². The van der Waals surface area contributed by atoms with Gasteiger partial charge in [-0.2, -0.15) is 0 Å². The first-order valence-corrected chi connectivity index (χ1v) is 14.1. The predicted molar refractivity (Wildman–Crippen MR) is 162 cm³/mol. The third-order valence-electron chi connectivity index (χ3n) is 6.12. The SMILES string of the molecule is COc1cccc(/C=C(\NC(=O)c2ccccc2)C(=O)Nc2ccc(SCC(=O)Nc3c(F)c(F)cc(F)c3F)cc2)c1OC. The van der Waals surface area contributed by atoms with Gasteiger partial charge in [0.1, 0.15) is 11.4 Å². The number of carbonyl (C=O) groups excluding carboxylic acids is 3. The molecule has 0 heterocycles. The van der Waals surface area contributed by atoms with Crippen LogP contribution in [0.15, 0.2) is 89.5 Å². The number of ether oxygens (including phenoxy) is 2. The Bertz CT molecular complexity index is 1730. The molecule has 4 aromatic carbocycles. The number of methoxy groups -OCH3 is 2. The lowest BCUT2D eigenvalue weighted by Gasteiger charge is -2.14. The van der Waals surface area contributed by atoms with Gasteiger partial charge in [-0.1, -0.05) is 30.3 Å². The highest BCUT2D eigenvalue weighted by Gasteiger charge is 2.21. The first-order chi connectivity index (χ1) is 21.6. The second-order valence-electron chi connectivity index (χ2n) is 9.12. The summed E-state index contributed by atoms with van der Waals surface area (Å²) in [6.45, 7) is 0. The zero-order chi connectivity index (χ0) is 32.5. The van der Waals surface area contributed by atoms with Crippen LogP contribution in [0.5, 0.6) is 11.5 Å². The van der Waals surface area contributed by atoms with E-state index in [1.54, 1.807) is 60.7 Å². The van der Waals surface area contributed by atoms with Crippen molar-refractivity contribution < 1.29 is 41.4 Å². The Morgan fingerprint density at radius 2 is 1.47 bits per heavy atom. The van der Waals surface area contributed by atoms with Crippen molar-refractivity contribution in [2.75, 3.05) is 30.6 Å². The molecule has 0 atom stereocenters. The number of anilines is 2. The summed E-state index contributed by atoms with van der Waals surface area (Å²) in [6.07, 6.45) is 1.44. The van der Waals surface area contributed by atoms with E-state index in [1.807, 2.05) is 5.32 Å². The van der Waals surface area contributed by atoms with Crippen molar-refractivity contribution in [3.05, 3.63) is 119 Å². The Hall–Kier alpha value is -5.30. The number of benzene rings is 4. The number of thioether (sulfide) groups is 1. The van der Waals surface area contributed by atoms with E-state index in [0.717, 1.165) is 11.8 Å². The number of para-hydroxylation sites is 1. The van der Waals surface area contributed by atoms with E-state index >= 15 is 0 Å². The molecule has 13 heteroatoms. The maximum absolute atomic E-state index is 13.8. The normalized spacial score (nSPS) is 11.0. The topological polar surface area (TPSA) is 106 Å². The lowest BCUT2D eigenvalue weighted by atomic mass is 10.1. The molecule has 0 aliphatic rings. The van der Waals surface area contributed by atoms with Gasteiger partial charge in [0, 0.05) is 27.8 Å². The molecule has 0 aliphatic heterocycles. The van der Waals surface area contributed by atoms with Crippen molar-refractivity contribution >= 4 is 46.9 Å². The molecule has 4 aromatic rings. The Labute approximate surface area is 259 Å². The van der Waals surface area contributed by atoms with Crippen LogP contribution in [0, 0.1) is 23.3 Å². The minimum Gasteiger partial charge on any atom is -0.493 e. The molecule has 232 valence electrons. The van der Waals surface area contributed by atoms with Gasteiger partial charge in [0.2, 0.25) is 5.91 Å². The molecule has 0 fully saturated rings. The van der Waals surface area contributed by atoms with Crippen LogP contribution in [-0.2, 0) is 9.59 Å². The summed E-state index contributed by atoms with van der Waals surface area (Å²) in [5.41, 5.74) is -0.191. The molecule has 0 spiro atoms. The summed E-state index contributed by atoms with van der Waals surface area (Å²) in [7, 11) is 2.91. The molecule has 8 nitrogen and oxygen atoms in total. The van der Waals surface area contributed by atoms with Crippen LogP contribution in [0.2, 0.25) is 0 Å². The Kier molecular flexibility index (Phi) is 10.8. The highest BCUT2D eigenvalue weighted by atomic mass is 32.2. The van der Waals surface area contributed by atoms with Crippen LogP contribution < -0.4 is 25.4 Å². The van der Waals surface area contributed by atoms with Gasteiger partial charge in [0.15, 0.2) is 34.8 Å². The average Bonchev–Trinajstić information content (AvgIpc) is 3.05. The number of amides is 3. The predicted octanol–water partition coefficient (Wildman–Crippen LogP) is 6.40. The first kappa shape index (κ1) is 32.6. The van der Waals surface area contributed by atoms with Crippen LogP contribution >= 0.6 is 11.8 Å². The Balaban J connectivity index is 1.47. The lowest BCUT2D eigenvalue weighted by molar-refractivity contribution is -0.114. The number of carbonyl (C=O) groups is 3. The minimum absolute atomic E-state index is 0.0427. The van der Waals surface area contributed by atoms with Crippen LogP contribution in [0.3, 0.4) is 0 Å². The summed E-state index contributed by atoms with van der Waals surface area (Å²) in [5.74, 6) is -8.39. The van der Waals surface area contributed by atoms with Gasteiger partial charge in [-0.25, -0.2) is 17.6 Å². The molecule has 45 heavy (non-hydrogen) atoms. The van der Waals surface area contributed by atoms with Gasteiger partial charge in [0.05, 0.1) is 20.0 Å². The summed E-state index contributed by atoms with van der Waals surface area (Å²) in [6, 6.07) is 19.6. The maximum atomic E-state index is 13.8. The summed E-state index contributed by atoms with van der Waals surface area (Å²) < 4.78 is 65.3. The maximum Gasteiger partial charge on any atom is 0.272 e. The third-order valence-corrected chi connectivity index (χ3v) is 7.13. The number of hydrogen-bond acceptors (Lipinski definition) is 6. The Morgan fingerprint density at radius 3 is 2.09 bits per heavy atom. The molecular formula is C32H25F4N3O5S. The standard InChI is InChI=1S/C32H25F4N3O5S/c1-43-25-10-6-9-19(30(25)44-2)15-24(38-31(41)18-7-4-3-5-8-18)32(42)37-20-11-13-21(14-12-20)45-17-26(40)39-29-27(35)22(33)16-23(34)28(29)36/h3-16H,17H2,1-2H3,(H,37,42)(H,38,41)(H,39,40)/b24-15-. The van der Waals surface area contributed by atoms with E-state index in [4.69, 9.17) is 9.47 Å². The van der Waals surface area contributed by atoms with E-state index < -0.39 is 46.7 Å². The summed E-state index contributed by atoms with van der Waals surface area (Å²) in [5, 5.41) is 7.17. The fraction of sp³-hybridized carbons (Fsp3) is 0.0938. The second kappa shape index (κ2) is 14.9. The molecule has 0 saturated heterocycles. The molecule has 0 saturated carbocycles. The largest absolute Gasteiger partial charge is 0.493 e. The number of rotatable bonds is 11. The third kappa shape index (κ3) is 8.21. The van der Waals surface area contributed by atoms with Crippen LogP contribution in [0.4, 0.5) is 28.9 Å². The van der Waals surface area contributed by atoms with Gasteiger partial charge >= 0.3 is 0 Å². The van der Waals surface area contributed by atoms with Crippen molar-refractivity contribution in [1.82, 2.24) is 5.32 Å². The summed E-state index contributed by atoms with van der Waals surface area (Å²) >= 11 is 0.966. The Morgan fingerprint density at radius 1 is 0.800 bits per heavy atom. The van der Waals surface area contributed by atoms with Gasteiger partial charge in [-0.05, 0) is 48.5 Å². The van der Waals surface area contributed by atoms with Crippen molar-refractivity contribution in [1.29, 1.82) is 0 Å². The van der Waals surface area contributed by atoms with Crippen molar-refractivity contribution in [3.63, 3.8) is 0 Å². The van der Waals surface area contributed by atoms with E-state index in [2.05, 4.69) is 10.6 Å². The minimum atomic E-state index is -1.72. The zero-order valence-electron chi connectivity index (χ0n) is 23.8. The molecule has 4 rings (SSSR count). The molecule has 3 amide bonds. The van der Waals surface area contributed by atoms with Gasteiger partial charge in [-0.3, -0.25) is 14.4 Å². The quantitative estimate of drug-likeness (QED) is 0.0760. The zero-order valence-corrected chi connectivity index (χ0v) is 24.6. The number of nitrogens with one attached hydrogen (secondary N) is 3. The van der Waals surface area contributed by atoms with Gasteiger partial charge < -0.3 is 25.4 Å². The highest BCUT2D eigenvalue weighted by molar-refractivity contribution is 8.00. The van der Waals surface area contributed by atoms with Crippen LogP contribution in [-0.4, -0.2) is 37.7 Å². The van der Waals surface area contributed by atoms with Gasteiger partial charge in [0.25, 0.3) is 11.8 Å². The molecule has 0 radical (unpaired) electrons. The average molecular weight is 640 g/mol.